The summed E-state index contributed by atoms with van der Waals surface area (Å²) >= 11 is 0. The number of nitrogens with zero attached hydrogens (tertiary/aromatic N) is 3. The number of fused-ring (bicyclic) bond motifs is 1. The van der Waals surface area contributed by atoms with Gasteiger partial charge in [0.05, 0.1) is 5.69 Å². The molecule has 0 spiro atoms. The average Bonchev–Trinajstić information content (AvgIpc) is 2.84. The summed E-state index contributed by atoms with van der Waals surface area (Å²) in [6, 6.07) is 9.50. The first-order valence-electron chi connectivity index (χ1n) is 12.2. The molecule has 1 aromatic heterocycles. The fourth-order valence-electron chi connectivity index (χ4n) is 4.30. The van der Waals surface area contributed by atoms with Crippen LogP contribution >= 0.6 is 0 Å². The topological polar surface area (TPSA) is 124 Å². The molecule has 0 unspecified atom stereocenters. The molecule has 1 amide bonds. The quantitative estimate of drug-likeness (QED) is 0.381. The van der Waals surface area contributed by atoms with Crippen molar-refractivity contribution in [2.75, 3.05) is 53.0 Å². The third-order valence-corrected chi connectivity index (χ3v) is 7.70. The summed E-state index contributed by atoms with van der Waals surface area (Å²) in [5.41, 5.74) is 0.413. The number of carbonyl (C=O) groups excluding carboxylic acids is 1. The highest BCUT2D eigenvalue weighted by Crippen LogP contribution is 2.30. The Kier molecular flexibility index (Phi) is 8.25. The van der Waals surface area contributed by atoms with Crippen LogP contribution in [0.4, 0.5) is 14.9 Å². The van der Waals surface area contributed by atoms with E-state index in [4.69, 9.17) is 9.15 Å². The molecule has 1 saturated heterocycles. The van der Waals surface area contributed by atoms with Gasteiger partial charge < -0.3 is 19.0 Å². The molecule has 0 radical (unpaired) electrons. The number of likely N-dealkylation sites (N-methyl/N-ethyl adjacent to an activating group) is 1. The summed E-state index contributed by atoms with van der Waals surface area (Å²) < 4.78 is 54.4. The number of halogens is 1. The average molecular weight is 562 g/mol. The molecule has 0 atom stereocenters. The van der Waals surface area contributed by atoms with E-state index in [0.717, 1.165) is 13.1 Å². The number of amides is 1. The number of rotatable bonds is 9. The predicted octanol–water partition coefficient (Wildman–Crippen LogP) is 2.21. The van der Waals surface area contributed by atoms with Crippen LogP contribution in [0.3, 0.4) is 0 Å². The second-order valence-electron chi connectivity index (χ2n) is 9.84. The molecule has 3 aromatic rings. The van der Waals surface area contributed by atoms with Gasteiger partial charge in [-0.2, -0.15) is 8.42 Å². The molecule has 11 nitrogen and oxygen atoms in total. The van der Waals surface area contributed by atoms with Crippen molar-refractivity contribution in [3.63, 3.8) is 0 Å². The zero-order chi connectivity index (χ0) is 28.5. The van der Waals surface area contributed by atoms with E-state index in [1.54, 1.807) is 26.2 Å². The largest absolute Gasteiger partial charge is 0.422 e. The molecule has 4 rings (SSSR count). The van der Waals surface area contributed by atoms with Gasteiger partial charge in [-0.3, -0.25) is 9.62 Å². The van der Waals surface area contributed by atoms with Crippen molar-refractivity contribution in [3.05, 3.63) is 69.3 Å². The van der Waals surface area contributed by atoms with Crippen LogP contribution in [0.5, 0.6) is 5.75 Å². The lowest BCUT2D eigenvalue weighted by Gasteiger charge is -2.43. The molecular weight excluding hydrogens is 529 g/mol. The van der Waals surface area contributed by atoms with Crippen molar-refractivity contribution in [1.29, 1.82) is 0 Å². The molecule has 2 N–H and O–H groups in total. The maximum atomic E-state index is 15.4. The molecule has 1 fully saturated rings. The first-order chi connectivity index (χ1) is 18.4. The summed E-state index contributed by atoms with van der Waals surface area (Å²) in [6.07, 6.45) is -0.690. The minimum absolute atomic E-state index is 0.114. The minimum Gasteiger partial charge on any atom is -0.422 e. The summed E-state index contributed by atoms with van der Waals surface area (Å²) in [6.45, 7) is 2.01. The van der Waals surface area contributed by atoms with Crippen molar-refractivity contribution in [1.82, 2.24) is 19.4 Å². The number of hydrogen-bond donors (Lipinski definition) is 2. The molecule has 0 bridgehead atoms. The van der Waals surface area contributed by atoms with E-state index < -0.39 is 27.7 Å². The summed E-state index contributed by atoms with van der Waals surface area (Å²) in [5, 5.41) is 0.634. The van der Waals surface area contributed by atoms with Crippen LogP contribution in [0.2, 0.25) is 0 Å². The lowest BCUT2D eigenvalue weighted by atomic mass is 9.96. The smallest absolute Gasteiger partial charge is 0.414 e. The number of hydrogen-bond acceptors (Lipinski definition) is 8. The van der Waals surface area contributed by atoms with Crippen LogP contribution < -0.4 is 19.8 Å². The Hall–Kier alpha value is -3.52. The SMILES string of the molecule is CNS(=O)(=O)Nc1cccc(Cc2c(CN3CC(N(C)C)C3)c3ccc(OC(=O)N(C)C)cc3oc2=O)c1F. The van der Waals surface area contributed by atoms with Gasteiger partial charge in [-0.25, -0.2) is 18.7 Å². The summed E-state index contributed by atoms with van der Waals surface area (Å²) in [7, 11) is 4.39. The van der Waals surface area contributed by atoms with Gasteiger partial charge in [-0.1, -0.05) is 12.1 Å². The van der Waals surface area contributed by atoms with Crippen LogP contribution in [0.15, 0.2) is 45.6 Å². The molecule has 39 heavy (non-hydrogen) atoms. The van der Waals surface area contributed by atoms with E-state index in [-0.39, 0.29) is 34.6 Å². The number of nitrogens with one attached hydrogen (secondary N) is 2. The second-order valence-corrected chi connectivity index (χ2v) is 11.5. The fourth-order valence-corrected chi connectivity index (χ4v) is 4.85. The Morgan fingerprint density at radius 3 is 2.51 bits per heavy atom. The second kappa shape index (κ2) is 11.3. The van der Waals surface area contributed by atoms with Gasteiger partial charge in [0.25, 0.3) is 10.2 Å². The van der Waals surface area contributed by atoms with Gasteiger partial charge in [0.1, 0.15) is 11.3 Å². The van der Waals surface area contributed by atoms with E-state index in [0.29, 0.717) is 23.5 Å². The Bertz CT molecular complexity index is 1550. The Labute approximate surface area is 226 Å². The van der Waals surface area contributed by atoms with Crippen LogP contribution in [0.1, 0.15) is 16.7 Å². The number of benzene rings is 2. The van der Waals surface area contributed by atoms with Gasteiger partial charge in [0.15, 0.2) is 5.82 Å². The van der Waals surface area contributed by atoms with Crippen LogP contribution in [0.25, 0.3) is 11.0 Å². The highest BCUT2D eigenvalue weighted by Gasteiger charge is 2.30. The minimum atomic E-state index is -3.94. The first kappa shape index (κ1) is 28.5. The normalized spacial score (nSPS) is 14.4. The van der Waals surface area contributed by atoms with Gasteiger partial charge >= 0.3 is 11.7 Å². The number of carbonyl (C=O) groups is 1. The summed E-state index contributed by atoms with van der Waals surface area (Å²) in [4.78, 5) is 30.9. The van der Waals surface area contributed by atoms with Crippen molar-refractivity contribution in [2.45, 2.75) is 19.0 Å². The van der Waals surface area contributed by atoms with E-state index in [2.05, 4.69) is 19.2 Å². The van der Waals surface area contributed by atoms with Crippen molar-refractivity contribution in [2.24, 2.45) is 0 Å². The van der Waals surface area contributed by atoms with Crippen LogP contribution in [-0.4, -0.2) is 83.6 Å². The molecule has 0 aliphatic carbocycles. The molecule has 1 aliphatic rings. The van der Waals surface area contributed by atoms with Gasteiger partial charge in [-0.05, 0) is 43.4 Å². The number of ether oxygens (including phenoxy) is 1. The van der Waals surface area contributed by atoms with Crippen molar-refractivity contribution in [3.8, 4) is 5.75 Å². The standard InChI is InChI=1S/C26H32FN5O6S/c1-28-39(35,36)29-22-8-6-7-16(24(22)27)11-20-21(15-32-13-17(14-32)30(2)3)19-10-9-18(37-26(34)31(4)5)12-23(19)38-25(20)33/h6-10,12,17,28-29H,11,13-15H2,1-5H3. The molecule has 1 aliphatic heterocycles. The van der Waals surface area contributed by atoms with Gasteiger partial charge in [0.2, 0.25) is 0 Å². The molecule has 210 valence electrons. The maximum Gasteiger partial charge on any atom is 0.414 e. The zero-order valence-electron chi connectivity index (χ0n) is 22.4. The molecule has 2 heterocycles. The summed E-state index contributed by atoms with van der Waals surface area (Å²) in [5.74, 6) is -0.570. The third kappa shape index (κ3) is 6.38. The highest BCUT2D eigenvalue weighted by molar-refractivity contribution is 7.90. The van der Waals surface area contributed by atoms with E-state index in [1.807, 2.05) is 14.1 Å². The lowest BCUT2D eigenvalue weighted by Crippen LogP contribution is -2.56. The van der Waals surface area contributed by atoms with E-state index >= 15 is 4.39 Å². The van der Waals surface area contributed by atoms with Gasteiger partial charge in [0, 0.05) is 70.3 Å². The number of anilines is 1. The third-order valence-electron chi connectivity index (χ3n) is 6.67. The highest BCUT2D eigenvalue weighted by atomic mass is 32.2. The maximum absolute atomic E-state index is 15.4. The molecule has 0 saturated carbocycles. The lowest BCUT2D eigenvalue weighted by molar-refractivity contribution is 0.0574. The van der Waals surface area contributed by atoms with Crippen LogP contribution in [0, 0.1) is 5.82 Å². The fraction of sp³-hybridized carbons (Fsp3) is 0.385. The van der Waals surface area contributed by atoms with E-state index in [1.165, 1.54) is 36.2 Å². The van der Waals surface area contributed by atoms with Crippen molar-refractivity contribution < 1.29 is 26.8 Å². The van der Waals surface area contributed by atoms with Crippen molar-refractivity contribution >= 4 is 33.0 Å². The monoisotopic (exact) mass is 561 g/mol. The van der Waals surface area contributed by atoms with Gasteiger partial charge in [-0.15, -0.1) is 0 Å². The molecular formula is C26H32FN5O6S. The Balaban J connectivity index is 1.76. The molecule has 2 aromatic carbocycles. The zero-order valence-corrected chi connectivity index (χ0v) is 23.3. The van der Waals surface area contributed by atoms with E-state index in [9.17, 15) is 18.0 Å². The first-order valence-corrected chi connectivity index (χ1v) is 13.7. The Morgan fingerprint density at radius 1 is 1.15 bits per heavy atom. The Morgan fingerprint density at radius 2 is 1.87 bits per heavy atom. The number of likely N-dealkylation sites (tertiary alicyclic amines) is 1. The molecule has 13 heteroatoms. The van der Waals surface area contributed by atoms with Crippen LogP contribution in [-0.2, 0) is 23.2 Å². The predicted molar refractivity (Wildman–Crippen MR) is 146 cm³/mol.